The Morgan fingerprint density at radius 2 is 1.88 bits per heavy atom. The van der Waals surface area contributed by atoms with Crippen molar-refractivity contribution in [1.29, 1.82) is 0 Å². The first kappa shape index (κ1) is 18.7. The lowest BCUT2D eigenvalue weighted by molar-refractivity contribution is -0.387. The Hall–Kier alpha value is -0.640. The van der Waals surface area contributed by atoms with Gasteiger partial charge in [0.2, 0.25) is 0 Å². The fourth-order valence-electron chi connectivity index (χ4n) is 5.69. The van der Waals surface area contributed by atoms with Gasteiger partial charge in [-0.1, -0.05) is 31.1 Å². The van der Waals surface area contributed by atoms with Gasteiger partial charge < -0.3 is 24.4 Å². The highest BCUT2D eigenvalue weighted by atomic mass is 16.8. The molecule has 4 fully saturated rings. The molecule has 1 heterocycles. The van der Waals surface area contributed by atoms with Gasteiger partial charge in [0.15, 0.2) is 5.79 Å². The predicted octanol–water partition coefficient (Wildman–Crippen LogP) is 2.24. The molecule has 5 atom stereocenters. The van der Waals surface area contributed by atoms with Crippen molar-refractivity contribution in [2.75, 3.05) is 19.8 Å². The lowest BCUT2D eigenvalue weighted by Gasteiger charge is -2.64. The van der Waals surface area contributed by atoms with E-state index in [2.05, 4.69) is 11.8 Å². The van der Waals surface area contributed by atoms with E-state index in [1.54, 1.807) is 0 Å². The maximum absolute atomic E-state index is 10.6. The van der Waals surface area contributed by atoms with E-state index >= 15 is 0 Å². The first-order chi connectivity index (χ1) is 12.6. The molecule has 4 rings (SSSR count). The third kappa shape index (κ3) is 2.91. The van der Waals surface area contributed by atoms with E-state index in [0.717, 1.165) is 19.3 Å². The molecule has 0 aromatic carbocycles. The molecule has 146 valence electrons. The molecule has 3 aliphatic carbocycles. The summed E-state index contributed by atoms with van der Waals surface area (Å²) in [6.07, 6.45) is 6.76. The monoisotopic (exact) mass is 364 g/mol. The summed E-state index contributed by atoms with van der Waals surface area (Å²) < 4.78 is 18.2. The normalized spacial score (nSPS) is 40.3. The van der Waals surface area contributed by atoms with Gasteiger partial charge in [-0.25, -0.2) is 0 Å². The maximum Gasteiger partial charge on any atom is 0.198 e. The Labute approximate surface area is 156 Å². The Bertz CT molecular complexity index is 554. The van der Waals surface area contributed by atoms with Crippen molar-refractivity contribution >= 4 is 0 Å². The van der Waals surface area contributed by atoms with Crippen LogP contribution in [0.15, 0.2) is 0 Å². The summed E-state index contributed by atoms with van der Waals surface area (Å²) in [5.74, 6) is 5.86. The van der Waals surface area contributed by atoms with Crippen molar-refractivity contribution in [2.24, 2.45) is 17.8 Å². The Morgan fingerprint density at radius 3 is 2.58 bits per heavy atom. The van der Waals surface area contributed by atoms with Gasteiger partial charge in [0.05, 0.1) is 25.2 Å². The summed E-state index contributed by atoms with van der Waals surface area (Å²) in [6, 6.07) is 0. The van der Waals surface area contributed by atoms with Gasteiger partial charge in [0, 0.05) is 18.9 Å². The van der Waals surface area contributed by atoms with Crippen molar-refractivity contribution in [3.05, 3.63) is 0 Å². The SMILES string of the molecule is CCO[C@@]12CC[C@H](O)[C@@H](C#C[C@@H](O)C3CCCCC3)[C@@H]1CC21OCCO1. The van der Waals surface area contributed by atoms with Crippen molar-refractivity contribution in [1.82, 2.24) is 0 Å². The molecule has 0 aromatic rings. The minimum atomic E-state index is -0.657. The summed E-state index contributed by atoms with van der Waals surface area (Å²) in [4.78, 5) is 0. The Balaban J connectivity index is 1.52. The van der Waals surface area contributed by atoms with Crippen LogP contribution in [0, 0.1) is 29.6 Å². The zero-order chi connectivity index (χ0) is 18.2. The number of fused-ring (bicyclic) bond motifs is 2. The molecule has 26 heavy (non-hydrogen) atoms. The third-order valence-electron chi connectivity index (χ3n) is 7.04. The van der Waals surface area contributed by atoms with Gasteiger partial charge in [-0.3, -0.25) is 0 Å². The second-order valence-electron chi connectivity index (χ2n) is 8.35. The first-order valence-electron chi connectivity index (χ1n) is 10.4. The van der Waals surface area contributed by atoms with Crippen LogP contribution in [-0.4, -0.2) is 53.6 Å². The van der Waals surface area contributed by atoms with Crippen LogP contribution < -0.4 is 0 Å². The zero-order valence-corrected chi connectivity index (χ0v) is 15.8. The standard InChI is InChI=1S/C21H32O5/c1-2-24-20-11-10-19(23)16(17(20)14-21(20)25-12-13-26-21)8-9-18(22)15-6-4-3-5-7-15/h15-19,22-23H,2-7,10-14H2,1H3/t16-,17-,18+,19-,20-/m0/s1. The summed E-state index contributed by atoms with van der Waals surface area (Å²) >= 11 is 0. The third-order valence-corrected chi connectivity index (χ3v) is 7.04. The second kappa shape index (κ2) is 7.41. The van der Waals surface area contributed by atoms with Gasteiger partial charge in [-0.2, -0.15) is 0 Å². The van der Waals surface area contributed by atoms with E-state index in [1.807, 2.05) is 6.92 Å². The van der Waals surface area contributed by atoms with E-state index in [-0.39, 0.29) is 17.8 Å². The van der Waals surface area contributed by atoms with E-state index in [9.17, 15) is 10.2 Å². The molecular formula is C21H32O5. The molecule has 4 aliphatic rings. The fourth-order valence-corrected chi connectivity index (χ4v) is 5.69. The van der Waals surface area contributed by atoms with Gasteiger partial charge in [0.25, 0.3) is 0 Å². The molecule has 0 unspecified atom stereocenters. The van der Waals surface area contributed by atoms with Crippen LogP contribution in [0.2, 0.25) is 0 Å². The summed E-state index contributed by atoms with van der Waals surface area (Å²) in [6.45, 7) is 3.78. The number of hydrogen-bond acceptors (Lipinski definition) is 5. The summed E-state index contributed by atoms with van der Waals surface area (Å²) in [5, 5.41) is 21.1. The minimum Gasteiger partial charge on any atom is -0.392 e. The van der Waals surface area contributed by atoms with Gasteiger partial charge in [-0.05, 0) is 38.5 Å². The van der Waals surface area contributed by atoms with E-state index in [0.29, 0.717) is 32.7 Å². The van der Waals surface area contributed by atoms with Crippen LogP contribution in [-0.2, 0) is 14.2 Å². The molecule has 1 spiro atoms. The highest BCUT2D eigenvalue weighted by Crippen LogP contribution is 2.62. The highest BCUT2D eigenvalue weighted by molar-refractivity contribution is 5.24. The molecule has 0 radical (unpaired) electrons. The van der Waals surface area contributed by atoms with Crippen LogP contribution in [0.3, 0.4) is 0 Å². The predicted molar refractivity (Wildman–Crippen MR) is 96.2 cm³/mol. The molecule has 1 saturated heterocycles. The molecule has 0 aromatic heterocycles. The van der Waals surface area contributed by atoms with Gasteiger partial charge >= 0.3 is 0 Å². The molecule has 5 nitrogen and oxygen atoms in total. The van der Waals surface area contributed by atoms with Crippen molar-refractivity contribution in [3.8, 4) is 11.8 Å². The lowest BCUT2D eigenvalue weighted by Crippen LogP contribution is -2.75. The minimum absolute atomic E-state index is 0.0929. The quantitative estimate of drug-likeness (QED) is 0.752. The molecule has 0 amide bonds. The first-order valence-corrected chi connectivity index (χ1v) is 10.4. The highest BCUT2D eigenvalue weighted by Gasteiger charge is 2.73. The van der Waals surface area contributed by atoms with E-state index < -0.39 is 23.6 Å². The van der Waals surface area contributed by atoms with Crippen molar-refractivity contribution in [2.45, 2.75) is 81.9 Å². The lowest BCUT2D eigenvalue weighted by atomic mass is 9.52. The average Bonchev–Trinajstić information content (AvgIpc) is 3.16. The molecule has 1 aliphatic heterocycles. The van der Waals surface area contributed by atoms with Crippen LogP contribution in [0.25, 0.3) is 0 Å². The molecule has 3 saturated carbocycles. The average molecular weight is 364 g/mol. The van der Waals surface area contributed by atoms with Crippen LogP contribution in [0.4, 0.5) is 0 Å². The number of aliphatic hydroxyl groups excluding tert-OH is 2. The van der Waals surface area contributed by atoms with Crippen LogP contribution >= 0.6 is 0 Å². The molecule has 0 bridgehead atoms. The van der Waals surface area contributed by atoms with Gasteiger partial charge in [0.1, 0.15) is 11.7 Å². The smallest absolute Gasteiger partial charge is 0.198 e. The summed E-state index contributed by atoms with van der Waals surface area (Å²) in [5.41, 5.74) is -0.507. The Morgan fingerprint density at radius 1 is 1.15 bits per heavy atom. The van der Waals surface area contributed by atoms with Crippen molar-refractivity contribution in [3.63, 3.8) is 0 Å². The molecular weight excluding hydrogens is 332 g/mol. The number of aliphatic hydroxyl groups is 2. The number of rotatable bonds is 3. The fraction of sp³-hybridized carbons (Fsp3) is 0.905. The summed E-state index contributed by atoms with van der Waals surface area (Å²) in [7, 11) is 0. The van der Waals surface area contributed by atoms with Crippen molar-refractivity contribution < 1.29 is 24.4 Å². The Kier molecular flexibility index (Phi) is 5.33. The second-order valence-corrected chi connectivity index (χ2v) is 8.35. The molecule has 2 N–H and O–H groups in total. The van der Waals surface area contributed by atoms with Crippen LogP contribution in [0.5, 0.6) is 0 Å². The maximum atomic E-state index is 10.6. The van der Waals surface area contributed by atoms with Crippen LogP contribution in [0.1, 0.15) is 58.3 Å². The van der Waals surface area contributed by atoms with E-state index in [1.165, 1.54) is 19.3 Å². The van der Waals surface area contributed by atoms with Gasteiger partial charge in [-0.15, -0.1) is 0 Å². The largest absolute Gasteiger partial charge is 0.392 e. The number of ether oxygens (including phenoxy) is 3. The zero-order valence-electron chi connectivity index (χ0n) is 15.8. The number of hydrogen-bond donors (Lipinski definition) is 2. The molecule has 5 heteroatoms. The topological polar surface area (TPSA) is 68.2 Å². The van der Waals surface area contributed by atoms with E-state index in [4.69, 9.17) is 14.2 Å².